The summed E-state index contributed by atoms with van der Waals surface area (Å²) in [5.74, 6) is 0.0419. The molecule has 2 rings (SSSR count). The highest BCUT2D eigenvalue weighted by molar-refractivity contribution is 7.89. The summed E-state index contributed by atoms with van der Waals surface area (Å²) in [5, 5.41) is 1.90. The van der Waals surface area contributed by atoms with Gasteiger partial charge in [0.2, 0.25) is 16.0 Å². The van der Waals surface area contributed by atoms with E-state index in [2.05, 4.69) is 14.7 Å². The molecule has 2 aromatic heterocycles. The highest BCUT2D eigenvalue weighted by Gasteiger charge is 2.19. The standard InChI is InChI=1S/C10H12N4O2S2/c1-7(9-3-2-4-17-9)14-18(15,16)8-5-12-10(11)13-6-8/h2-7,14H,1H3,(H2,11,12,13). The zero-order chi connectivity index (χ0) is 13.2. The molecule has 8 heteroatoms. The van der Waals surface area contributed by atoms with Crippen molar-refractivity contribution in [2.24, 2.45) is 0 Å². The second kappa shape index (κ2) is 5.01. The zero-order valence-electron chi connectivity index (χ0n) is 9.57. The van der Waals surface area contributed by atoms with Gasteiger partial charge in [-0.3, -0.25) is 0 Å². The molecular formula is C10H12N4O2S2. The van der Waals surface area contributed by atoms with Gasteiger partial charge in [-0.1, -0.05) is 6.07 Å². The van der Waals surface area contributed by atoms with Gasteiger partial charge in [0.25, 0.3) is 0 Å². The van der Waals surface area contributed by atoms with Gasteiger partial charge in [-0.25, -0.2) is 23.1 Å². The lowest BCUT2D eigenvalue weighted by Crippen LogP contribution is -2.26. The SMILES string of the molecule is CC(NS(=O)(=O)c1cnc(N)nc1)c1cccs1. The van der Waals surface area contributed by atoms with Crippen molar-refractivity contribution in [1.29, 1.82) is 0 Å². The lowest BCUT2D eigenvalue weighted by atomic mass is 10.3. The van der Waals surface area contributed by atoms with Gasteiger partial charge in [0.1, 0.15) is 4.90 Å². The predicted octanol–water partition coefficient (Wildman–Crippen LogP) is 1.16. The van der Waals surface area contributed by atoms with E-state index in [0.29, 0.717) is 0 Å². The number of anilines is 1. The van der Waals surface area contributed by atoms with E-state index in [-0.39, 0.29) is 16.9 Å². The number of thiophene rings is 1. The van der Waals surface area contributed by atoms with Gasteiger partial charge in [0, 0.05) is 4.88 Å². The van der Waals surface area contributed by atoms with Crippen LogP contribution < -0.4 is 10.5 Å². The molecule has 0 amide bonds. The third kappa shape index (κ3) is 2.84. The minimum Gasteiger partial charge on any atom is -0.368 e. The molecule has 0 saturated carbocycles. The van der Waals surface area contributed by atoms with Crippen LogP contribution in [-0.2, 0) is 10.0 Å². The average molecular weight is 284 g/mol. The molecule has 3 N–H and O–H groups in total. The number of nitrogens with zero attached hydrogens (tertiary/aromatic N) is 2. The summed E-state index contributed by atoms with van der Waals surface area (Å²) in [6.07, 6.45) is 2.37. The first kappa shape index (κ1) is 12.9. The van der Waals surface area contributed by atoms with Crippen LogP contribution >= 0.6 is 11.3 Å². The first-order valence-corrected chi connectivity index (χ1v) is 7.48. The second-order valence-electron chi connectivity index (χ2n) is 3.64. The molecule has 0 aliphatic carbocycles. The summed E-state index contributed by atoms with van der Waals surface area (Å²) in [7, 11) is -3.63. The van der Waals surface area contributed by atoms with Crippen LogP contribution in [-0.4, -0.2) is 18.4 Å². The first-order valence-electron chi connectivity index (χ1n) is 5.12. The largest absolute Gasteiger partial charge is 0.368 e. The summed E-state index contributed by atoms with van der Waals surface area (Å²) in [5.41, 5.74) is 5.31. The van der Waals surface area contributed by atoms with E-state index in [4.69, 9.17) is 5.73 Å². The monoisotopic (exact) mass is 284 g/mol. The predicted molar refractivity (Wildman–Crippen MR) is 69.5 cm³/mol. The normalized spacial score (nSPS) is 13.4. The maximum atomic E-state index is 12.0. The zero-order valence-corrected chi connectivity index (χ0v) is 11.2. The Morgan fingerprint density at radius 1 is 1.39 bits per heavy atom. The Morgan fingerprint density at radius 2 is 2.06 bits per heavy atom. The minimum absolute atomic E-state index is 0.0000983. The number of aromatic nitrogens is 2. The number of hydrogen-bond donors (Lipinski definition) is 2. The van der Waals surface area contributed by atoms with Crippen LogP contribution in [0.4, 0.5) is 5.95 Å². The van der Waals surface area contributed by atoms with E-state index >= 15 is 0 Å². The van der Waals surface area contributed by atoms with Crippen LogP contribution in [0.1, 0.15) is 17.8 Å². The fraction of sp³-hybridized carbons (Fsp3) is 0.200. The van der Waals surface area contributed by atoms with Crippen LogP contribution in [0.5, 0.6) is 0 Å². The van der Waals surface area contributed by atoms with Crippen molar-refractivity contribution < 1.29 is 8.42 Å². The molecule has 0 aliphatic heterocycles. The summed E-state index contributed by atoms with van der Waals surface area (Å²) >= 11 is 1.49. The third-order valence-electron chi connectivity index (χ3n) is 2.26. The van der Waals surface area contributed by atoms with Crippen molar-refractivity contribution >= 4 is 27.3 Å². The van der Waals surface area contributed by atoms with Crippen molar-refractivity contribution in [3.05, 3.63) is 34.8 Å². The van der Waals surface area contributed by atoms with Crippen LogP contribution in [0.3, 0.4) is 0 Å². The highest BCUT2D eigenvalue weighted by Crippen LogP contribution is 2.20. The summed E-state index contributed by atoms with van der Waals surface area (Å²) in [6.45, 7) is 1.78. The molecule has 0 radical (unpaired) electrons. The maximum absolute atomic E-state index is 12.0. The van der Waals surface area contributed by atoms with E-state index in [1.54, 1.807) is 6.92 Å². The molecule has 2 aromatic rings. The fourth-order valence-corrected chi connectivity index (χ4v) is 3.28. The summed E-state index contributed by atoms with van der Waals surface area (Å²) < 4.78 is 26.6. The molecule has 0 aromatic carbocycles. The van der Waals surface area contributed by atoms with E-state index in [0.717, 1.165) is 4.88 Å². The molecule has 1 atom stereocenters. The van der Waals surface area contributed by atoms with Crippen molar-refractivity contribution in [3.63, 3.8) is 0 Å². The molecular weight excluding hydrogens is 272 g/mol. The number of rotatable bonds is 4. The Bertz CT molecular complexity index is 608. The van der Waals surface area contributed by atoms with Crippen molar-refractivity contribution in [3.8, 4) is 0 Å². The molecule has 1 unspecified atom stereocenters. The number of nitrogen functional groups attached to an aromatic ring is 1. The second-order valence-corrected chi connectivity index (χ2v) is 6.33. The Morgan fingerprint density at radius 3 is 2.61 bits per heavy atom. The summed E-state index contributed by atoms with van der Waals surface area (Å²) in [4.78, 5) is 8.27. The molecule has 0 spiro atoms. The van der Waals surface area contributed by atoms with Crippen LogP contribution in [0, 0.1) is 0 Å². The van der Waals surface area contributed by atoms with Gasteiger partial charge >= 0.3 is 0 Å². The van der Waals surface area contributed by atoms with Crippen molar-refractivity contribution in [2.75, 3.05) is 5.73 Å². The van der Waals surface area contributed by atoms with Crippen molar-refractivity contribution in [1.82, 2.24) is 14.7 Å². The van der Waals surface area contributed by atoms with Gasteiger partial charge in [-0.05, 0) is 18.4 Å². The molecule has 0 aliphatic rings. The highest BCUT2D eigenvalue weighted by atomic mass is 32.2. The quantitative estimate of drug-likeness (QED) is 0.878. The molecule has 2 heterocycles. The Hall–Kier alpha value is -1.51. The van der Waals surface area contributed by atoms with Crippen LogP contribution in [0.15, 0.2) is 34.8 Å². The van der Waals surface area contributed by atoms with Gasteiger partial charge in [-0.2, -0.15) is 0 Å². The molecule has 0 bridgehead atoms. The lowest BCUT2D eigenvalue weighted by Gasteiger charge is -2.12. The minimum atomic E-state index is -3.63. The van der Waals surface area contributed by atoms with E-state index < -0.39 is 10.0 Å². The number of nitrogens with one attached hydrogen (secondary N) is 1. The Kier molecular flexibility index (Phi) is 3.60. The van der Waals surface area contributed by atoms with Crippen LogP contribution in [0.25, 0.3) is 0 Å². The Balaban J connectivity index is 2.20. The number of nitrogens with two attached hydrogens (primary N) is 1. The number of sulfonamides is 1. The topological polar surface area (TPSA) is 98.0 Å². The maximum Gasteiger partial charge on any atom is 0.244 e. The third-order valence-corrected chi connectivity index (χ3v) is 4.81. The van der Waals surface area contributed by atoms with E-state index in [9.17, 15) is 8.42 Å². The fourth-order valence-electron chi connectivity index (χ4n) is 1.36. The molecule has 0 saturated heterocycles. The molecule has 18 heavy (non-hydrogen) atoms. The Labute approximate surface area is 109 Å². The molecule has 96 valence electrons. The molecule has 0 fully saturated rings. The van der Waals surface area contributed by atoms with E-state index in [1.807, 2.05) is 17.5 Å². The first-order chi connectivity index (χ1) is 8.49. The molecule has 6 nitrogen and oxygen atoms in total. The lowest BCUT2D eigenvalue weighted by molar-refractivity contribution is 0.567. The van der Waals surface area contributed by atoms with Crippen molar-refractivity contribution in [2.45, 2.75) is 17.9 Å². The number of hydrogen-bond acceptors (Lipinski definition) is 6. The van der Waals surface area contributed by atoms with Gasteiger partial charge in [0.15, 0.2) is 0 Å². The summed E-state index contributed by atoms with van der Waals surface area (Å²) in [6, 6.07) is 3.45. The van der Waals surface area contributed by atoms with Crippen LogP contribution in [0.2, 0.25) is 0 Å². The van der Waals surface area contributed by atoms with Gasteiger partial charge in [-0.15, -0.1) is 11.3 Å². The van der Waals surface area contributed by atoms with Gasteiger partial charge < -0.3 is 5.73 Å². The smallest absolute Gasteiger partial charge is 0.244 e. The average Bonchev–Trinajstić information content (AvgIpc) is 2.82. The van der Waals surface area contributed by atoms with Gasteiger partial charge in [0.05, 0.1) is 18.4 Å². The van der Waals surface area contributed by atoms with E-state index in [1.165, 1.54) is 23.7 Å².